The minimum Gasteiger partial charge on any atom is -0.399 e. The minimum absolute atomic E-state index is 0.246. The van der Waals surface area contributed by atoms with Crippen molar-refractivity contribution in [3.63, 3.8) is 0 Å². The van der Waals surface area contributed by atoms with Crippen LogP contribution in [0.2, 0.25) is 5.02 Å². The van der Waals surface area contributed by atoms with Gasteiger partial charge in [0.05, 0.1) is 6.33 Å². The summed E-state index contributed by atoms with van der Waals surface area (Å²) in [5.74, 6) is 0.249. The van der Waals surface area contributed by atoms with Gasteiger partial charge < -0.3 is 15.6 Å². The van der Waals surface area contributed by atoms with E-state index in [4.69, 9.17) is 17.3 Å². The largest absolute Gasteiger partial charge is 0.399 e. The van der Waals surface area contributed by atoms with Gasteiger partial charge in [0.25, 0.3) is 0 Å². The second kappa shape index (κ2) is 7.68. The number of hydrogen-bond acceptors (Lipinski definition) is 3. The van der Waals surface area contributed by atoms with Gasteiger partial charge in [-0.05, 0) is 41.5 Å². The number of imidazole rings is 1. The molecule has 6 heteroatoms. The van der Waals surface area contributed by atoms with Crippen LogP contribution in [0.5, 0.6) is 0 Å². The fourth-order valence-corrected chi connectivity index (χ4v) is 2.52. The first-order valence-electron chi connectivity index (χ1n) is 7.69. The molecule has 3 rings (SSSR count). The summed E-state index contributed by atoms with van der Waals surface area (Å²) in [6.07, 6.45) is 6.62. The molecule has 25 heavy (non-hydrogen) atoms. The smallest absolute Gasteiger partial charge is 0.249 e. The number of halogens is 1. The molecule has 0 bridgehead atoms. The van der Waals surface area contributed by atoms with E-state index < -0.39 is 0 Å². The van der Waals surface area contributed by atoms with Crippen LogP contribution < -0.4 is 11.1 Å². The molecule has 1 amide bonds. The van der Waals surface area contributed by atoms with Crippen molar-refractivity contribution in [1.82, 2.24) is 9.55 Å². The number of nitrogens with zero attached hydrogens (tertiary/aromatic N) is 2. The van der Waals surface area contributed by atoms with Gasteiger partial charge in [-0.25, -0.2) is 4.98 Å². The van der Waals surface area contributed by atoms with E-state index in [9.17, 15) is 4.79 Å². The number of rotatable bonds is 5. The van der Waals surface area contributed by atoms with Gasteiger partial charge in [-0.2, -0.15) is 0 Å². The van der Waals surface area contributed by atoms with Gasteiger partial charge >= 0.3 is 0 Å². The van der Waals surface area contributed by atoms with Crippen molar-refractivity contribution in [1.29, 1.82) is 0 Å². The number of aromatic nitrogens is 2. The summed E-state index contributed by atoms with van der Waals surface area (Å²) < 4.78 is 1.88. The Morgan fingerprint density at radius 3 is 2.80 bits per heavy atom. The van der Waals surface area contributed by atoms with Crippen LogP contribution in [0.1, 0.15) is 11.1 Å². The van der Waals surface area contributed by atoms with Crippen molar-refractivity contribution < 1.29 is 4.79 Å². The maximum atomic E-state index is 12.0. The first-order chi connectivity index (χ1) is 12.1. The maximum Gasteiger partial charge on any atom is 0.249 e. The maximum absolute atomic E-state index is 12.0. The summed E-state index contributed by atoms with van der Waals surface area (Å²) in [5.41, 5.74) is 8.28. The van der Waals surface area contributed by atoms with Crippen LogP contribution in [0, 0.1) is 0 Å². The molecule has 0 radical (unpaired) electrons. The SMILES string of the molecule is Nc1ccc(/C=C/C(=O)Nc2cn(Cc3cccc(Cl)c3)cn2)cc1. The van der Waals surface area contributed by atoms with Crippen LogP contribution in [0.25, 0.3) is 6.08 Å². The summed E-state index contributed by atoms with van der Waals surface area (Å²) in [6.45, 7) is 0.630. The number of nitrogens with two attached hydrogens (primary N) is 1. The second-order valence-corrected chi connectivity index (χ2v) is 5.99. The van der Waals surface area contributed by atoms with Crippen LogP contribution in [-0.2, 0) is 11.3 Å². The van der Waals surface area contributed by atoms with Crippen molar-refractivity contribution in [2.24, 2.45) is 0 Å². The van der Waals surface area contributed by atoms with E-state index in [2.05, 4.69) is 10.3 Å². The highest BCUT2D eigenvalue weighted by Crippen LogP contribution is 2.13. The Morgan fingerprint density at radius 2 is 2.04 bits per heavy atom. The summed E-state index contributed by atoms with van der Waals surface area (Å²) in [7, 11) is 0. The molecular weight excluding hydrogens is 336 g/mol. The average molecular weight is 353 g/mol. The number of carbonyl (C=O) groups is 1. The Bertz CT molecular complexity index is 900. The third-order valence-electron chi connectivity index (χ3n) is 3.50. The number of anilines is 2. The summed E-state index contributed by atoms with van der Waals surface area (Å²) in [4.78, 5) is 16.2. The fourth-order valence-electron chi connectivity index (χ4n) is 2.30. The standard InChI is InChI=1S/C19H17ClN4O/c20-16-3-1-2-15(10-16)11-24-12-18(22-13-24)23-19(25)9-6-14-4-7-17(21)8-5-14/h1-10,12-13H,11,21H2,(H,23,25)/b9-6+. The fraction of sp³-hybridized carbons (Fsp3) is 0.0526. The molecule has 0 aliphatic heterocycles. The zero-order chi connectivity index (χ0) is 17.6. The number of nitrogens with one attached hydrogen (secondary N) is 1. The Kier molecular flexibility index (Phi) is 5.16. The Balaban J connectivity index is 1.59. The third kappa shape index (κ3) is 4.96. The summed E-state index contributed by atoms with van der Waals surface area (Å²) >= 11 is 5.98. The molecule has 0 unspecified atom stereocenters. The quantitative estimate of drug-likeness (QED) is 0.541. The molecule has 1 heterocycles. The number of benzene rings is 2. The second-order valence-electron chi connectivity index (χ2n) is 5.55. The Morgan fingerprint density at radius 1 is 1.24 bits per heavy atom. The van der Waals surface area contributed by atoms with Crippen LogP contribution in [0.15, 0.2) is 67.1 Å². The molecule has 0 spiro atoms. The van der Waals surface area contributed by atoms with Gasteiger partial charge in [0, 0.05) is 29.5 Å². The average Bonchev–Trinajstić information content (AvgIpc) is 3.01. The lowest BCUT2D eigenvalue weighted by molar-refractivity contribution is -0.111. The number of carbonyl (C=O) groups excluding carboxylic acids is 1. The third-order valence-corrected chi connectivity index (χ3v) is 3.74. The predicted octanol–water partition coefficient (Wildman–Crippen LogP) is 3.82. The van der Waals surface area contributed by atoms with Crippen LogP contribution in [0.3, 0.4) is 0 Å². The monoisotopic (exact) mass is 352 g/mol. The van der Waals surface area contributed by atoms with E-state index in [1.54, 1.807) is 30.7 Å². The zero-order valence-corrected chi connectivity index (χ0v) is 14.1. The Labute approximate surface area is 150 Å². The predicted molar refractivity (Wildman–Crippen MR) is 101 cm³/mol. The van der Waals surface area contributed by atoms with Gasteiger partial charge in [0.2, 0.25) is 5.91 Å². The molecular formula is C19H17ClN4O. The summed E-state index contributed by atoms with van der Waals surface area (Å²) in [5, 5.41) is 3.43. The van der Waals surface area contributed by atoms with Crippen molar-refractivity contribution in [2.45, 2.75) is 6.54 Å². The van der Waals surface area contributed by atoms with E-state index in [1.807, 2.05) is 41.0 Å². The topological polar surface area (TPSA) is 72.9 Å². The van der Waals surface area contributed by atoms with Gasteiger partial charge in [-0.15, -0.1) is 0 Å². The number of amides is 1. The lowest BCUT2D eigenvalue weighted by Crippen LogP contribution is -2.08. The molecule has 0 aliphatic rings. The van der Waals surface area contributed by atoms with E-state index in [1.165, 1.54) is 6.08 Å². The molecule has 0 saturated heterocycles. The highest BCUT2D eigenvalue weighted by atomic mass is 35.5. The molecule has 0 fully saturated rings. The minimum atomic E-state index is -0.246. The lowest BCUT2D eigenvalue weighted by Gasteiger charge is -2.02. The molecule has 0 saturated carbocycles. The molecule has 126 valence electrons. The van der Waals surface area contributed by atoms with Crippen molar-refractivity contribution in [3.05, 3.63) is 83.3 Å². The van der Waals surface area contributed by atoms with Gasteiger partial charge in [-0.1, -0.05) is 35.9 Å². The van der Waals surface area contributed by atoms with E-state index >= 15 is 0 Å². The number of hydrogen-bond donors (Lipinski definition) is 2. The summed E-state index contributed by atoms with van der Waals surface area (Å²) in [6, 6.07) is 14.9. The van der Waals surface area contributed by atoms with Crippen molar-refractivity contribution >= 4 is 35.1 Å². The number of nitrogen functional groups attached to an aromatic ring is 1. The lowest BCUT2D eigenvalue weighted by atomic mass is 10.2. The van der Waals surface area contributed by atoms with Crippen LogP contribution in [-0.4, -0.2) is 15.5 Å². The first kappa shape index (κ1) is 16.8. The molecule has 0 aliphatic carbocycles. The van der Waals surface area contributed by atoms with Gasteiger partial charge in [-0.3, -0.25) is 4.79 Å². The van der Waals surface area contributed by atoms with Gasteiger partial charge in [0.1, 0.15) is 0 Å². The van der Waals surface area contributed by atoms with E-state index in [0.29, 0.717) is 23.1 Å². The molecule has 1 aromatic heterocycles. The van der Waals surface area contributed by atoms with Crippen LogP contribution in [0.4, 0.5) is 11.5 Å². The van der Waals surface area contributed by atoms with E-state index in [-0.39, 0.29) is 5.91 Å². The Hall–Kier alpha value is -3.05. The first-order valence-corrected chi connectivity index (χ1v) is 8.07. The van der Waals surface area contributed by atoms with Crippen LogP contribution >= 0.6 is 11.6 Å². The van der Waals surface area contributed by atoms with Gasteiger partial charge in [0.15, 0.2) is 5.82 Å². The zero-order valence-electron chi connectivity index (χ0n) is 13.4. The molecule has 3 N–H and O–H groups in total. The molecule has 3 aromatic rings. The highest BCUT2D eigenvalue weighted by molar-refractivity contribution is 6.30. The molecule has 0 atom stereocenters. The highest BCUT2D eigenvalue weighted by Gasteiger charge is 2.03. The normalized spacial score (nSPS) is 10.9. The van der Waals surface area contributed by atoms with Crippen molar-refractivity contribution in [2.75, 3.05) is 11.1 Å². The molecule has 5 nitrogen and oxygen atoms in total. The van der Waals surface area contributed by atoms with E-state index in [0.717, 1.165) is 11.1 Å². The molecule has 2 aromatic carbocycles. The van der Waals surface area contributed by atoms with Crippen molar-refractivity contribution in [3.8, 4) is 0 Å².